The highest BCUT2D eigenvalue weighted by atomic mass is 16.5. The molecule has 9 nitrogen and oxygen atoms in total. The number of rotatable bonds is 8. The molecule has 2 heterocycles. The molecule has 0 spiro atoms. The van der Waals surface area contributed by atoms with Crippen LogP contribution in [0.1, 0.15) is 12.7 Å². The van der Waals surface area contributed by atoms with Crippen LogP contribution in [0.5, 0.6) is 11.5 Å². The molecule has 1 fully saturated rings. The molecule has 3 N–H and O–H groups in total. The van der Waals surface area contributed by atoms with E-state index in [1.165, 1.54) is 5.69 Å². The molecular formula is C23H29N7O2. The van der Waals surface area contributed by atoms with Crippen LogP contribution in [0.25, 0.3) is 0 Å². The minimum atomic E-state index is 0.196. The highest BCUT2D eigenvalue weighted by molar-refractivity contribution is 5.62. The van der Waals surface area contributed by atoms with E-state index in [2.05, 4.69) is 42.2 Å². The quantitative estimate of drug-likeness (QED) is 0.553. The lowest BCUT2D eigenvalue weighted by molar-refractivity contribution is 0.244. The van der Waals surface area contributed by atoms with Crippen LogP contribution in [0, 0.1) is 0 Å². The number of methoxy groups -OCH3 is 1. The van der Waals surface area contributed by atoms with Crippen molar-refractivity contribution in [3.05, 3.63) is 54.4 Å². The van der Waals surface area contributed by atoms with Crippen molar-refractivity contribution in [3.8, 4) is 11.5 Å². The van der Waals surface area contributed by atoms with Crippen LogP contribution in [0.3, 0.4) is 0 Å². The Balaban J connectivity index is 1.39. The highest BCUT2D eigenvalue weighted by Gasteiger charge is 2.19. The molecule has 0 unspecified atom stereocenters. The van der Waals surface area contributed by atoms with Crippen molar-refractivity contribution in [2.45, 2.75) is 13.5 Å². The summed E-state index contributed by atoms with van der Waals surface area (Å²) in [5.41, 5.74) is 7.93. The van der Waals surface area contributed by atoms with E-state index in [0.29, 0.717) is 24.9 Å². The SMILES string of the molecule is CCOc1ccccc1Nc1nc(N)nc(CN2CCN(c3cccc(OC)c3)CC2)n1. The van der Waals surface area contributed by atoms with E-state index in [0.717, 1.165) is 43.4 Å². The lowest BCUT2D eigenvalue weighted by Gasteiger charge is -2.35. The lowest BCUT2D eigenvalue weighted by atomic mass is 10.2. The normalized spacial score (nSPS) is 14.2. The first-order valence-electron chi connectivity index (χ1n) is 10.7. The van der Waals surface area contributed by atoms with Crippen LogP contribution < -0.4 is 25.4 Å². The van der Waals surface area contributed by atoms with Gasteiger partial charge in [0, 0.05) is 37.9 Å². The maximum Gasteiger partial charge on any atom is 0.232 e. The summed E-state index contributed by atoms with van der Waals surface area (Å²) in [6.45, 7) is 6.77. The Bertz CT molecular complexity index is 1040. The van der Waals surface area contributed by atoms with E-state index >= 15 is 0 Å². The topological polar surface area (TPSA) is 102 Å². The van der Waals surface area contributed by atoms with Crippen LogP contribution in [-0.2, 0) is 6.54 Å². The van der Waals surface area contributed by atoms with Gasteiger partial charge in [0.15, 0.2) is 0 Å². The Kier molecular flexibility index (Phi) is 6.86. The minimum absolute atomic E-state index is 0.196. The summed E-state index contributed by atoms with van der Waals surface area (Å²) in [6.07, 6.45) is 0. The lowest BCUT2D eigenvalue weighted by Crippen LogP contribution is -2.46. The second-order valence-corrected chi connectivity index (χ2v) is 7.45. The predicted octanol–water partition coefficient (Wildman–Crippen LogP) is 2.93. The fourth-order valence-electron chi connectivity index (χ4n) is 3.71. The molecule has 9 heteroatoms. The molecule has 0 aliphatic carbocycles. The van der Waals surface area contributed by atoms with Gasteiger partial charge in [0.2, 0.25) is 11.9 Å². The zero-order valence-electron chi connectivity index (χ0n) is 18.5. The second-order valence-electron chi connectivity index (χ2n) is 7.45. The summed E-state index contributed by atoms with van der Waals surface area (Å²) < 4.78 is 11.0. The van der Waals surface area contributed by atoms with Crippen molar-refractivity contribution >= 4 is 23.3 Å². The molecule has 0 atom stereocenters. The number of para-hydroxylation sites is 2. The van der Waals surface area contributed by atoms with Gasteiger partial charge in [-0.3, -0.25) is 4.90 Å². The minimum Gasteiger partial charge on any atom is -0.497 e. The van der Waals surface area contributed by atoms with E-state index in [9.17, 15) is 0 Å². The van der Waals surface area contributed by atoms with Gasteiger partial charge in [-0.25, -0.2) is 0 Å². The first kappa shape index (κ1) is 21.6. The Morgan fingerprint density at radius 3 is 2.59 bits per heavy atom. The first-order chi connectivity index (χ1) is 15.6. The van der Waals surface area contributed by atoms with Crippen LogP contribution in [-0.4, -0.2) is 59.7 Å². The molecule has 1 aliphatic heterocycles. The van der Waals surface area contributed by atoms with Crippen LogP contribution in [0.2, 0.25) is 0 Å². The van der Waals surface area contributed by atoms with Gasteiger partial charge >= 0.3 is 0 Å². The molecule has 1 aromatic heterocycles. The molecule has 0 saturated carbocycles. The summed E-state index contributed by atoms with van der Waals surface area (Å²) in [7, 11) is 1.69. The Morgan fingerprint density at radius 2 is 1.81 bits per heavy atom. The van der Waals surface area contributed by atoms with Crippen molar-refractivity contribution in [1.29, 1.82) is 0 Å². The third-order valence-electron chi connectivity index (χ3n) is 5.29. The number of anilines is 4. The van der Waals surface area contributed by atoms with Crippen molar-refractivity contribution in [1.82, 2.24) is 19.9 Å². The summed E-state index contributed by atoms with van der Waals surface area (Å²) in [4.78, 5) is 17.8. The Morgan fingerprint density at radius 1 is 1.00 bits per heavy atom. The number of ether oxygens (including phenoxy) is 2. The van der Waals surface area contributed by atoms with Gasteiger partial charge < -0.3 is 25.4 Å². The second kappa shape index (κ2) is 10.1. The third kappa shape index (κ3) is 5.36. The fraction of sp³-hybridized carbons (Fsp3) is 0.348. The third-order valence-corrected chi connectivity index (χ3v) is 5.29. The number of nitrogen functional groups attached to an aromatic ring is 1. The first-order valence-corrected chi connectivity index (χ1v) is 10.7. The molecule has 1 aliphatic rings. The zero-order valence-corrected chi connectivity index (χ0v) is 18.5. The molecule has 4 rings (SSSR count). The fourth-order valence-corrected chi connectivity index (χ4v) is 3.71. The maximum absolute atomic E-state index is 5.97. The highest BCUT2D eigenvalue weighted by Crippen LogP contribution is 2.26. The maximum atomic E-state index is 5.97. The van der Waals surface area contributed by atoms with Gasteiger partial charge in [-0.1, -0.05) is 18.2 Å². The van der Waals surface area contributed by atoms with Crippen molar-refractivity contribution in [3.63, 3.8) is 0 Å². The Labute approximate surface area is 188 Å². The molecular weight excluding hydrogens is 406 g/mol. The summed E-state index contributed by atoms with van der Waals surface area (Å²) >= 11 is 0. The number of aromatic nitrogens is 3. The molecule has 3 aromatic rings. The molecule has 0 amide bonds. The van der Waals surface area contributed by atoms with E-state index in [1.54, 1.807) is 7.11 Å². The van der Waals surface area contributed by atoms with Crippen molar-refractivity contribution in [2.75, 3.05) is 55.8 Å². The number of nitrogens with zero attached hydrogens (tertiary/aromatic N) is 5. The van der Waals surface area contributed by atoms with Crippen molar-refractivity contribution < 1.29 is 9.47 Å². The number of hydrogen-bond donors (Lipinski definition) is 2. The molecule has 2 aromatic carbocycles. The van der Waals surface area contributed by atoms with Gasteiger partial charge in [0.05, 0.1) is 25.9 Å². The molecule has 168 valence electrons. The molecule has 0 radical (unpaired) electrons. The van der Waals surface area contributed by atoms with Gasteiger partial charge in [0.1, 0.15) is 17.3 Å². The van der Waals surface area contributed by atoms with Crippen LogP contribution in [0.15, 0.2) is 48.5 Å². The van der Waals surface area contributed by atoms with E-state index in [-0.39, 0.29) is 5.95 Å². The van der Waals surface area contributed by atoms with Crippen LogP contribution in [0.4, 0.5) is 23.3 Å². The summed E-state index contributed by atoms with van der Waals surface area (Å²) in [6, 6.07) is 15.8. The van der Waals surface area contributed by atoms with Crippen molar-refractivity contribution in [2.24, 2.45) is 0 Å². The molecule has 0 bridgehead atoms. The predicted molar refractivity (Wildman–Crippen MR) is 126 cm³/mol. The van der Waals surface area contributed by atoms with Gasteiger partial charge in [0.25, 0.3) is 0 Å². The average Bonchev–Trinajstić information content (AvgIpc) is 2.81. The number of piperazine rings is 1. The number of hydrogen-bond acceptors (Lipinski definition) is 9. The number of benzene rings is 2. The number of nitrogens with one attached hydrogen (secondary N) is 1. The van der Waals surface area contributed by atoms with E-state index in [1.807, 2.05) is 43.3 Å². The summed E-state index contributed by atoms with van der Waals surface area (Å²) in [5.74, 6) is 2.86. The zero-order chi connectivity index (χ0) is 22.3. The molecule has 32 heavy (non-hydrogen) atoms. The standard InChI is InChI=1S/C23H29N7O2/c1-3-32-20-10-5-4-9-19(20)25-23-27-21(26-22(24)28-23)16-29-11-13-30(14-12-29)17-7-6-8-18(15-17)31-2/h4-10,15H,3,11-14,16H2,1-2H3,(H3,24,25,26,27,28). The largest absolute Gasteiger partial charge is 0.497 e. The smallest absolute Gasteiger partial charge is 0.232 e. The van der Waals surface area contributed by atoms with Gasteiger partial charge in [-0.15, -0.1) is 0 Å². The Hall–Kier alpha value is -3.59. The number of nitrogens with two attached hydrogens (primary N) is 1. The van der Waals surface area contributed by atoms with Gasteiger partial charge in [-0.05, 0) is 31.2 Å². The van der Waals surface area contributed by atoms with Gasteiger partial charge in [-0.2, -0.15) is 15.0 Å². The monoisotopic (exact) mass is 435 g/mol. The van der Waals surface area contributed by atoms with Crippen LogP contribution >= 0.6 is 0 Å². The molecule has 1 saturated heterocycles. The summed E-state index contributed by atoms with van der Waals surface area (Å²) in [5, 5.41) is 3.21. The average molecular weight is 436 g/mol. The van der Waals surface area contributed by atoms with E-state index < -0.39 is 0 Å². The van der Waals surface area contributed by atoms with E-state index in [4.69, 9.17) is 15.2 Å².